The van der Waals surface area contributed by atoms with Gasteiger partial charge < -0.3 is 4.90 Å². The summed E-state index contributed by atoms with van der Waals surface area (Å²) in [7, 11) is 3.56. The second-order valence-corrected chi connectivity index (χ2v) is 6.14. The maximum Gasteiger partial charge on any atom is 0.238 e. The molecule has 0 aliphatic heterocycles. The molecule has 0 radical (unpaired) electrons. The molecule has 0 saturated carbocycles. The average Bonchev–Trinajstić information content (AvgIpc) is 2.81. The van der Waals surface area contributed by atoms with Crippen LogP contribution in [0, 0.1) is 0 Å². The van der Waals surface area contributed by atoms with Gasteiger partial charge in [0.25, 0.3) is 0 Å². The van der Waals surface area contributed by atoms with Crippen molar-refractivity contribution in [3.8, 4) is 0 Å². The van der Waals surface area contributed by atoms with Crippen molar-refractivity contribution in [3.05, 3.63) is 35.2 Å². The fraction of sp³-hybridized carbons (Fsp3) is 0.400. The Morgan fingerprint density at radius 1 is 1.26 bits per heavy atom. The Balaban J connectivity index is 2.11. The number of amides is 1. The highest BCUT2D eigenvalue weighted by Crippen LogP contribution is 2.29. The number of thiophene rings is 1. The van der Waals surface area contributed by atoms with Gasteiger partial charge in [0.1, 0.15) is 0 Å². The van der Waals surface area contributed by atoms with Gasteiger partial charge in [-0.2, -0.15) is 0 Å². The molecule has 0 bridgehead atoms. The summed E-state index contributed by atoms with van der Waals surface area (Å²) >= 11 is 1.78. The number of hydrogen-bond donors (Lipinski definition) is 1. The van der Waals surface area contributed by atoms with Crippen LogP contribution in [-0.4, -0.2) is 30.9 Å². The largest absolute Gasteiger partial charge is 0.347 e. The van der Waals surface area contributed by atoms with Crippen LogP contribution in [0.4, 0.5) is 0 Å². The molecule has 2 rings (SSSR count). The normalized spacial score (nSPS) is 14.3. The van der Waals surface area contributed by atoms with E-state index in [1.54, 1.807) is 30.3 Å². The predicted molar refractivity (Wildman–Crippen MR) is 81.5 cm³/mol. The van der Waals surface area contributed by atoms with Crippen molar-refractivity contribution in [2.75, 3.05) is 14.1 Å². The van der Waals surface area contributed by atoms with E-state index in [4.69, 9.17) is 0 Å². The first-order chi connectivity index (χ1) is 8.99. The van der Waals surface area contributed by atoms with Gasteiger partial charge in [-0.05, 0) is 31.4 Å². The standard InChI is InChI=1S/C15H20N2OS/c1-10(16-11(2)15(18)17(3)4)14-9-12-7-5-6-8-13(12)19-14/h5-11,16H,1-4H3. The molecule has 2 unspecified atom stereocenters. The Kier molecular flexibility index (Phi) is 4.22. The number of fused-ring (bicyclic) bond motifs is 1. The first-order valence-electron chi connectivity index (χ1n) is 6.44. The molecule has 0 aliphatic rings. The van der Waals surface area contributed by atoms with E-state index in [9.17, 15) is 4.79 Å². The maximum absolute atomic E-state index is 11.8. The molecule has 0 saturated heterocycles. The second kappa shape index (κ2) is 5.72. The lowest BCUT2D eigenvalue weighted by Crippen LogP contribution is -2.42. The summed E-state index contributed by atoms with van der Waals surface area (Å²) < 4.78 is 1.29. The van der Waals surface area contributed by atoms with E-state index in [1.807, 2.05) is 6.92 Å². The molecule has 1 aromatic carbocycles. The number of carbonyl (C=O) groups excluding carboxylic acids is 1. The molecule has 0 spiro atoms. The van der Waals surface area contributed by atoms with Crippen LogP contribution in [0.1, 0.15) is 24.8 Å². The quantitative estimate of drug-likeness (QED) is 0.931. The molecular weight excluding hydrogens is 256 g/mol. The molecule has 2 aromatic rings. The van der Waals surface area contributed by atoms with Gasteiger partial charge in [-0.1, -0.05) is 18.2 Å². The van der Waals surface area contributed by atoms with E-state index in [0.29, 0.717) is 0 Å². The fourth-order valence-electron chi connectivity index (χ4n) is 2.13. The van der Waals surface area contributed by atoms with Gasteiger partial charge in [0.2, 0.25) is 5.91 Å². The lowest BCUT2D eigenvalue weighted by atomic mass is 10.2. The van der Waals surface area contributed by atoms with E-state index in [-0.39, 0.29) is 18.0 Å². The average molecular weight is 276 g/mol. The van der Waals surface area contributed by atoms with Crippen LogP contribution >= 0.6 is 11.3 Å². The molecule has 4 heteroatoms. The number of benzene rings is 1. The molecule has 3 nitrogen and oxygen atoms in total. The zero-order valence-corrected chi connectivity index (χ0v) is 12.6. The minimum absolute atomic E-state index is 0.105. The Labute approximate surface area is 118 Å². The van der Waals surface area contributed by atoms with Crippen LogP contribution < -0.4 is 5.32 Å². The highest BCUT2D eigenvalue weighted by molar-refractivity contribution is 7.19. The van der Waals surface area contributed by atoms with E-state index in [1.165, 1.54) is 15.0 Å². The minimum atomic E-state index is -0.171. The van der Waals surface area contributed by atoms with E-state index in [0.717, 1.165) is 0 Å². The third kappa shape index (κ3) is 3.14. The fourth-order valence-corrected chi connectivity index (χ4v) is 3.21. The summed E-state index contributed by atoms with van der Waals surface area (Å²) in [4.78, 5) is 14.7. The van der Waals surface area contributed by atoms with E-state index >= 15 is 0 Å². The van der Waals surface area contributed by atoms with Crippen LogP contribution in [-0.2, 0) is 4.79 Å². The van der Waals surface area contributed by atoms with Crippen LogP contribution in [0.2, 0.25) is 0 Å². The van der Waals surface area contributed by atoms with Crippen LogP contribution in [0.15, 0.2) is 30.3 Å². The Morgan fingerprint density at radius 3 is 2.58 bits per heavy atom. The van der Waals surface area contributed by atoms with Crippen molar-refractivity contribution < 1.29 is 4.79 Å². The van der Waals surface area contributed by atoms with Crippen LogP contribution in [0.3, 0.4) is 0 Å². The zero-order valence-electron chi connectivity index (χ0n) is 11.8. The summed E-state index contributed by atoms with van der Waals surface area (Å²) in [6, 6.07) is 10.6. The van der Waals surface area contributed by atoms with Crippen LogP contribution in [0.5, 0.6) is 0 Å². The SMILES string of the molecule is CC(NC(C)c1cc2ccccc2s1)C(=O)N(C)C. The molecule has 0 aliphatic carbocycles. The molecule has 1 heterocycles. The van der Waals surface area contributed by atoms with Crippen molar-refractivity contribution in [2.24, 2.45) is 0 Å². The van der Waals surface area contributed by atoms with Crippen molar-refractivity contribution >= 4 is 27.3 Å². The smallest absolute Gasteiger partial charge is 0.238 e. The minimum Gasteiger partial charge on any atom is -0.347 e. The first kappa shape index (κ1) is 14.0. The lowest BCUT2D eigenvalue weighted by Gasteiger charge is -2.21. The van der Waals surface area contributed by atoms with Crippen molar-refractivity contribution in [2.45, 2.75) is 25.9 Å². The molecule has 0 fully saturated rings. The maximum atomic E-state index is 11.8. The van der Waals surface area contributed by atoms with Gasteiger partial charge in [0.05, 0.1) is 6.04 Å². The number of hydrogen-bond acceptors (Lipinski definition) is 3. The molecule has 1 N–H and O–H groups in total. The Bertz CT molecular complexity index is 543. The lowest BCUT2D eigenvalue weighted by molar-refractivity contribution is -0.130. The second-order valence-electron chi connectivity index (χ2n) is 5.03. The van der Waals surface area contributed by atoms with E-state index < -0.39 is 0 Å². The van der Waals surface area contributed by atoms with Crippen molar-refractivity contribution in [3.63, 3.8) is 0 Å². The first-order valence-corrected chi connectivity index (χ1v) is 7.26. The summed E-state index contributed by atoms with van der Waals surface area (Å²) in [5.41, 5.74) is 0. The monoisotopic (exact) mass is 276 g/mol. The van der Waals surface area contributed by atoms with E-state index in [2.05, 4.69) is 42.6 Å². The number of rotatable bonds is 4. The van der Waals surface area contributed by atoms with Gasteiger partial charge in [-0.15, -0.1) is 11.3 Å². The summed E-state index contributed by atoms with van der Waals surface area (Å²) in [5.74, 6) is 0.105. The molecule has 19 heavy (non-hydrogen) atoms. The molecule has 2 atom stereocenters. The van der Waals surface area contributed by atoms with Crippen LogP contribution in [0.25, 0.3) is 10.1 Å². The topological polar surface area (TPSA) is 32.3 Å². The number of nitrogens with one attached hydrogen (secondary N) is 1. The third-order valence-corrected chi connectivity index (χ3v) is 4.48. The Hall–Kier alpha value is -1.39. The molecule has 1 amide bonds. The summed E-state index contributed by atoms with van der Waals surface area (Å²) in [5, 5.41) is 4.62. The third-order valence-electron chi connectivity index (χ3n) is 3.18. The predicted octanol–water partition coefficient (Wildman–Crippen LogP) is 3.03. The van der Waals surface area contributed by atoms with Gasteiger partial charge in [0.15, 0.2) is 0 Å². The van der Waals surface area contributed by atoms with Crippen molar-refractivity contribution in [1.29, 1.82) is 0 Å². The highest BCUT2D eigenvalue weighted by atomic mass is 32.1. The molecular formula is C15H20N2OS. The molecule has 102 valence electrons. The van der Waals surface area contributed by atoms with Gasteiger partial charge in [-0.25, -0.2) is 0 Å². The zero-order chi connectivity index (χ0) is 14.0. The van der Waals surface area contributed by atoms with Gasteiger partial charge in [-0.3, -0.25) is 10.1 Å². The number of nitrogens with zero attached hydrogens (tertiary/aromatic N) is 1. The van der Waals surface area contributed by atoms with Gasteiger partial charge >= 0.3 is 0 Å². The summed E-state index contributed by atoms with van der Waals surface area (Å²) in [6.45, 7) is 4.01. The number of carbonyl (C=O) groups is 1. The Morgan fingerprint density at radius 2 is 1.95 bits per heavy atom. The van der Waals surface area contributed by atoms with Crippen molar-refractivity contribution in [1.82, 2.24) is 10.2 Å². The molecule has 1 aromatic heterocycles. The van der Waals surface area contributed by atoms with Gasteiger partial charge in [0, 0.05) is 29.7 Å². The number of likely N-dealkylation sites (N-methyl/N-ethyl adjacent to an activating group) is 1. The highest BCUT2D eigenvalue weighted by Gasteiger charge is 2.18. The summed E-state index contributed by atoms with van der Waals surface area (Å²) in [6.07, 6.45) is 0.